The van der Waals surface area contributed by atoms with Crippen LogP contribution < -0.4 is 5.32 Å². The molecule has 0 aliphatic rings. The summed E-state index contributed by atoms with van der Waals surface area (Å²) in [6, 6.07) is 2.65. The Kier molecular flexibility index (Phi) is 4.78. The minimum Gasteiger partial charge on any atom is -0.391 e. The average Bonchev–Trinajstić information content (AvgIpc) is 2.33. The minimum atomic E-state index is -0.820. The smallest absolute Gasteiger partial charge is 0.282 e. The van der Waals surface area contributed by atoms with Gasteiger partial charge in [-0.2, -0.15) is 0 Å². The summed E-state index contributed by atoms with van der Waals surface area (Å²) in [4.78, 5) is 21.9. The van der Waals surface area contributed by atoms with E-state index in [2.05, 4.69) is 5.32 Å². The van der Waals surface area contributed by atoms with Gasteiger partial charge >= 0.3 is 0 Å². The van der Waals surface area contributed by atoms with Crippen LogP contribution in [0.2, 0.25) is 0 Å². The number of amides is 1. The predicted molar refractivity (Wildman–Crippen MR) is 70.8 cm³/mol. The maximum absolute atomic E-state index is 13.1. The van der Waals surface area contributed by atoms with E-state index in [0.29, 0.717) is 0 Å². The standard InChI is InChI=1S/C13H17FN2O4/c1-13(2,3)11(17)7-15-12(18)9-6-8(14)4-5-10(9)16(19)20/h4-6,11,17H,7H2,1-3H3,(H,15,18). The van der Waals surface area contributed by atoms with Gasteiger partial charge in [0.2, 0.25) is 0 Å². The number of nitro benzene ring substituents is 1. The third-order valence-electron chi connectivity index (χ3n) is 2.86. The Hall–Kier alpha value is -2.02. The zero-order valence-electron chi connectivity index (χ0n) is 11.5. The van der Waals surface area contributed by atoms with Crippen LogP contribution >= 0.6 is 0 Å². The van der Waals surface area contributed by atoms with Gasteiger partial charge in [0.25, 0.3) is 11.6 Å². The number of nitro groups is 1. The molecule has 7 heteroatoms. The van der Waals surface area contributed by atoms with Gasteiger partial charge in [-0.15, -0.1) is 0 Å². The van der Waals surface area contributed by atoms with Crippen molar-refractivity contribution in [2.24, 2.45) is 5.41 Å². The lowest BCUT2D eigenvalue weighted by Crippen LogP contribution is -2.39. The van der Waals surface area contributed by atoms with Crippen molar-refractivity contribution in [3.05, 3.63) is 39.7 Å². The fourth-order valence-corrected chi connectivity index (χ4v) is 1.44. The summed E-state index contributed by atoms with van der Waals surface area (Å²) in [6.07, 6.45) is -0.820. The average molecular weight is 284 g/mol. The second-order valence-corrected chi connectivity index (χ2v) is 5.51. The molecule has 1 amide bonds. The molecule has 2 N–H and O–H groups in total. The predicted octanol–water partition coefficient (Wildman–Crippen LogP) is 1.87. The molecule has 110 valence electrons. The Bertz CT molecular complexity index is 526. The molecule has 0 aliphatic carbocycles. The molecule has 6 nitrogen and oxygen atoms in total. The Labute approximate surface area is 115 Å². The summed E-state index contributed by atoms with van der Waals surface area (Å²) in [5.41, 5.74) is -1.29. The molecule has 1 aromatic rings. The molecule has 1 atom stereocenters. The van der Waals surface area contributed by atoms with Gasteiger partial charge < -0.3 is 10.4 Å². The number of aliphatic hydroxyl groups excluding tert-OH is 1. The van der Waals surface area contributed by atoms with Crippen LogP contribution in [0.5, 0.6) is 0 Å². The molecule has 0 aromatic heterocycles. The highest BCUT2D eigenvalue weighted by Crippen LogP contribution is 2.21. The number of hydrogen-bond donors (Lipinski definition) is 2. The Balaban J connectivity index is 2.88. The van der Waals surface area contributed by atoms with Crippen LogP contribution in [0.25, 0.3) is 0 Å². The first-order valence-electron chi connectivity index (χ1n) is 6.03. The van der Waals surface area contributed by atoms with E-state index >= 15 is 0 Å². The Morgan fingerprint density at radius 3 is 2.60 bits per heavy atom. The summed E-state index contributed by atoms with van der Waals surface area (Å²) in [7, 11) is 0. The molecule has 0 heterocycles. The number of rotatable bonds is 4. The zero-order valence-corrected chi connectivity index (χ0v) is 11.5. The summed E-state index contributed by atoms with van der Waals surface area (Å²) < 4.78 is 13.1. The Morgan fingerprint density at radius 1 is 1.50 bits per heavy atom. The van der Waals surface area contributed by atoms with E-state index in [9.17, 15) is 24.4 Å². The topological polar surface area (TPSA) is 92.5 Å². The largest absolute Gasteiger partial charge is 0.391 e. The molecule has 1 unspecified atom stereocenters. The molecular formula is C13H17FN2O4. The fraction of sp³-hybridized carbons (Fsp3) is 0.462. The molecule has 1 aromatic carbocycles. The normalized spacial score (nSPS) is 12.8. The summed E-state index contributed by atoms with van der Waals surface area (Å²) in [6.45, 7) is 5.29. The van der Waals surface area contributed by atoms with Gasteiger partial charge in [0, 0.05) is 12.6 Å². The minimum absolute atomic E-state index is 0.0734. The fourth-order valence-electron chi connectivity index (χ4n) is 1.44. The lowest BCUT2D eigenvalue weighted by Gasteiger charge is -2.25. The summed E-state index contributed by atoms with van der Waals surface area (Å²) >= 11 is 0. The van der Waals surface area contributed by atoms with Crippen LogP contribution in [0.4, 0.5) is 10.1 Å². The maximum Gasteiger partial charge on any atom is 0.282 e. The van der Waals surface area contributed by atoms with Crippen LogP contribution in [-0.2, 0) is 0 Å². The number of carbonyl (C=O) groups is 1. The number of carbonyl (C=O) groups excluding carboxylic acids is 1. The van der Waals surface area contributed by atoms with Crippen LogP contribution in [0, 0.1) is 21.3 Å². The van der Waals surface area contributed by atoms with Crippen molar-refractivity contribution in [3.8, 4) is 0 Å². The second-order valence-electron chi connectivity index (χ2n) is 5.51. The van der Waals surface area contributed by atoms with Crippen LogP contribution in [-0.4, -0.2) is 28.6 Å². The van der Waals surface area contributed by atoms with Gasteiger partial charge in [0.05, 0.1) is 11.0 Å². The first-order valence-corrected chi connectivity index (χ1v) is 6.03. The molecule has 0 spiro atoms. The molecule has 20 heavy (non-hydrogen) atoms. The molecule has 1 rings (SSSR count). The lowest BCUT2D eigenvalue weighted by molar-refractivity contribution is -0.385. The third-order valence-corrected chi connectivity index (χ3v) is 2.86. The lowest BCUT2D eigenvalue weighted by atomic mass is 9.89. The van der Waals surface area contributed by atoms with Crippen molar-refractivity contribution < 1.29 is 19.2 Å². The van der Waals surface area contributed by atoms with E-state index in [-0.39, 0.29) is 12.1 Å². The highest BCUT2D eigenvalue weighted by atomic mass is 19.1. The SMILES string of the molecule is CC(C)(C)C(O)CNC(=O)c1cc(F)ccc1[N+](=O)[O-]. The first-order chi connectivity index (χ1) is 9.12. The first kappa shape index (κ1) is 16.0. The number of aliphatic hydroxyl groups is 1. The quantitative estimate of drug-likeness (QED) is 0.652. The summed E-state index contributed by atoms with van der Waals surface area (Å²) in [5.74, 6) is -1.53. The molecule has 0 radical (unpaired) electrons. The van der Waals surface area contributed by atoms with Crippen molar-refractivity contribution in [1.29, 1.82) is 0 Å². The Morgan fingerprint density at radius 2 is 2.10 bits per heavy atom. The van der Waals surface area contributed by atoms with Crippen LogP contribution in [0.3, 0.4) is 0 Å². The van der Waals surface area contributed by atoms with Crippen LogP contribution in [0.15, 0.2) is 18.2 Å². The highest BCUT2D eigenvalue weighted by Gasteiger charge is 2.25. The van der Waals surface area contributed by atoms with E-state index in [1.165, 1.54) is 0 Å². The zero-order chi connectivity index (χ0) is 15.5. The number of benzene rings is 1. The second kappa shape index (κ2) is 5.96. The van der Waals surface area contributed by atoms with E-state index in [0.717, 1.165) is 18.2 Å². The van der Waals surface area contributed by atoms with Crippen molar-refractivity contribution in [2.75, 3.05) is 6.54 Å². The number of nitrogens with one attached hydrogen (secondary N) is 1. The van der Waals surface area contributed by atoms with Gasteiger partial charge in [-0.25, -0.2) is 4.39 Å². The van der Waals surface area contributed by atoms with Gasteiger partial charge in [-0.3, -0.25) is 14.9 Å². The molecular weight excluding hydrogens is 267 g/mol. The molecule has 0 aliphatic heterocycles. The van der Waals surface area contributed by atoms with E-state index in [1.807, 2.05) is 0 Å². The number of nitrogens with zero attached hydrogens (tertiary/aromatic N) is 1. The maximum atomic E-state index is 13.1. The monoisotopic (exact) mass is 284 g/mol. The van der Waals surface area contributed by atoms with Gasteiger partial charge in [0.15, 0.2) is 0 Å². The van der Waals surface area contributed by atoms with E-state index in [4.69, 9.17) is 0 Å². The van der Waals surface area contributed by atoms with Crippen molar-refractivity contribution in [1.82, 2.24) is 5.32 Å². The molecule has 0 fully saturated rings. The molecule has 0 saturated carbocycles. The third kappa shape index (κ3) is 3.99. The summed E-state index contributed by atoms with van der Waals surface area (Å²) in [5, 5.41) is 22.9. The van der Waals surface area contributed by atoms with Crippen LogP contribution in [0.1, 0.15) is 31.1 Å². The van der Waals surface area contributed by atoms with Crippen molar-refractivity contribution >= 4 is 11.6 Å². The van der Waals surface area contributed by atoms with E-state index in [1.54, 1.807) is 20.8 Å². The molecule has 0 saturated heterocycles. The molecule has 0 bridgehead atoms. The number of halogens is 1. The van der Waals surface area contributed by atoms with Gasteiger partial charge in [-0.1, -0.05) is 20.8 Å². The van der Waals surface area contributed by atoms with E-state index < -0.39 is 33.9 Å². The van der Waals surface area contributed by atoms with Gasteiger partial charge in [-0.05, 0) is 17.5 Å². The van der Waals surface area contributed by atoms with Crippen molar-refractivity contribution in [2.45, 2.75) is 26.9 Å². The number of hydrogen-bond acceptors (Lipinski definition) is 4. The van der Waals surface area contributed by atoms with Crippen molar-refractivity contribution in [3.63, 3.8) is 0 Å². The highest BCUT2D eigenvalue weighted by molar-refractivity contribution is 5.98. The van der Waals surface area contributed by atoms with Gasteiger partial charge in [0.1, 0.15) is 11.4 Å².